The SMILES string of the molecule is CCOC(=O)Cc1csc(C2CCC(CC)C2)n1. The maximum Gasteiger partial charge on any atom is 0.311 e. The predicted molar refractivity (Wildman–Crippen MR) is 72.8 cm³/mol. The molecule has 0 aliphatic heterocycles. The molecule has 3 nitrogen and oxygen atoms in total. The summed E-state index contributed by atoms with van der Waals surface area (Å²) in [4.78, 5) is 16.0. The summed E-state index contributed by atoms with van der Waals surface area (Å²) in [6.45, 7) is 4.53. The first kappa shape index (κ1) is 13.5. The Labute approximate surface area is 113 Å². The van der Waals surface area contributed by atoms with Gasteiger partial charge in [0, 0.05) is 11.3 Å². The van der Waals surface area contributed by atoms with Crippen molar-refractivity contribution in [3.63, 3.8) is 0 Å². The fourth-order valence-corrected chi connectivity index (χ4v) is 3.59. The Balaban J connectivity index is 1.92. The summed E-state index contributed by atoms with van der Waals surface area (Å²) < 4.78 is 4.94. The van der Waals surface area contributed by atoms with E-state index in [9.17, 15) is 4.79 Å². The van der Waals surface area contributed by atoms with E-state index in [1.165, 1.54) is 30.7 Å². The molecule has 2 unspecified atom stereocenters. The Morgan fingerprint density at radius 3 is 3.00 bits per heavy atom. The van der Waals surface area contributed by atoms with Gasteiger partial charge < -0.3 is 4.74 Å². The van der Waals surface area contributed by atoms with Crippen molar-refractivity contribution in [3.8, 4) is 0 Å². The highest BCUT2D eigenvalue weighted by Gasteiger charge is 2.26. The molecule has 0 bridgehead atoms. The molecule has 1 saturated carbocycles. The summed E-state index contributed by atoms with van der Waals surface area (Å²) >= 11 is 1.70. The molecule has 18 heavy (non-hydrogen) atoms. The highest BCUT2D eigenvalue weighted by atomic mass is 32.1. The number of ether oxygens (including phenoxy) is 1. The zero-order valence-corrected chi connectivity index (χ0v) is 12.0. The molecule has 1 fully saturated rings. The number of nitrogens with zero attached hydrogens (tertiary/aromatic N) is 1. The first-order chi connectivity index (χ1) is 8.72. The summed E-state index contributed by atoms with van der Waals surface area (Å²) in [6.07, 6.45) is 5.44. The van der Waals surface area contributed by atoms with Crippen LogP contribution in [0.2, 0.25) is 0 Å². The molecule has 4 heteroatoms. The van der Waals surface area contributed by atoms with E-state index in [0.717, 1.165) is 11.6 Å². The average molecular weight is 267 g/mol. The lowest BCUT2D eigenvalue weighted by Gasteiger charge is -2.06. The van der Waals surface area contributed by atoms with Crippen molar-refractivity contribution in [3.05, 3.63) is 16.1 Å². The first-order valence-electron chi connectivity index (χ1n) is 6.82. The monoisotopic (exact) mass is 267 g/mol. The number of rotatable bonds is 5. The van der Waals surface area contributed by atoms with E-state index in [0.29, 0.717) is 18.9 Å². The van der Waals surface area contributed by atoms with Crippen LogP contribution in [0.15, 0.2) is 5.38 Å². The minimum absolute atomic E-state index is 0.174. The Bertz CT molecular complexity index is 402. The van der Waals surface area contributed by atoms with Crippen molar-refractivity contribution in [2.75, 3.05) is 6.61 Å². The molecule has 1 aliphatic carbocycles. The van der Waals surface area contributed by atoms with E-state index in [2.05, 4.69) is 11.9 Å². The molecule has 1 aromatic heterocycles. The standard InChI is InChI=1S/C14H21NO2S/c1-3-10-5-6-11(7-10)14-15-12(9-18-14)8-13(16)17-4-2/h9-11H,3-8H2,1-2H3. The van der Waals surface area contributed by atoms with Crippen molar-refractivity contribution >= 4 is 17.3 Å². The smallest absolute Gasteiger partial charge is 0.311 e. The third-order valence-electron chi connectivity index (χ3n) is 3.67. The molecular weight excluding hydrogens is 246 g/mol. The second-order valence-corrected chi connectivity index (χ2v) is 5.83. The van der Waals surface area contributed by atoms with Crippen LogP contribution in [0.1, 0.15) is 56.2 Å². The summed E-state index contributed by atoms with van der Waals surface area (Å²) in [5.74, 6) is 1.32. The Morgan fingerprint density at radius 2 is 2.33 bits per heavy atom. The van der Waals surface area contributed by atoms with E-state index in [-0.39, 0.29) is 5.97 Å². The minimum Gasteiger partial charge on any atom is -0.466 e. The topological polar surface area (TPSA) is 39.2 Å². The lowest BCUT2D eigenvalue weighted by atomic mass is 10.0. The van der Waals surface area contributed by atoms with Crippen molar-refractivity contribution < 1.29 is 9.53 Å². The molecule has 1 aliphatic rings. The number of esters is 1. The van der Waals surface area contributed by atoms with E-state index in [1.54, 1.807) is 11.3 Å². The summed E-state index contributed by atoms with van der Waals surface area (Å²) in [5.41, 5.74) is 0.869. The van der Waals surface area contributed by atoms with E-state index in [1.807, 2.05) is 12.3 Å². The minimum atomic E-state index is -0.174. The van der Waals surface area contributed by atoms with Gasteiger partial charge in [-0.05, 0) is 32.1 Å². The highest BCUT2D eigenvalue weighted by Crippen LogP contribution is 2.40. The van der Waals surface area contributed by atoms with Crippen LogP contribution >= 0.6 is 11.3 Å². The van der Waals surface area contributed by atoms with Gasteiger partial charge >= 0.3 is 5.97 Å². The third kappa shape index (κ3) is 3.31. The normalized spacial score (nSPS) is 23.2. The fraction of sp³-hybridized carbons (Fsp3) is 0.714. The van der Waals surface area contributed by atoms with Crippen LogP contribution in [-0.2, 0) is 16.0 Å². The summed E-state index contributed by atoms with van der Waals surface area (Å²) in [7, 11) is 0. The lowest BCUT2D eigenvalue weighted by molar-refractivity contribution is -0.142. The molecule has 2 rings (SSSR count). The zero-order valence-electron chi connectivity index (χ0n) is 11.1. The van der Waals surface area contributed by atoms with Crippen molar-refractivity contribution in [2.24, 2.45) is 5.92 Å². The average Bonchev–Trinajstić information content (AvgIpc) is 2.96. The summed E-state index contributed by atoms with van der Waals surface area (Å²) in [6, 6.07) is 0. The molecule has 0 aromatic carbocycles. The molecule has 0 radical (unpaired) electrons. The Hall–Kier alpha value is -0.900. The van der Waals surface area contributed by atoms with Gasteiger partial charge in [-0.15, -0.1) is 11.3 Å². The second kappa shape index (κ2) is 6.32. The van der Waals surface area contributed by atoms with Gasteiger partial charge in [0.05, 0.1) is 23.7 Å². The van der Waals surface area contributed by atoms with Gasteiger partial charge in [-0.3, -0.25) is 4.79 Å². The van der Waals surface area contributed by atoms with Gasteiger partial charge in [0.1, 0.15) is 0 Å². The summed E-state index contributed by atoms with van der Waals surface area (Å²) in [5, 5.41) is 3.22. The molecule has 0 amide bonds. The molecular formula is C14H21NO2S. The molecule has 1 aromatic rings. The predicted octanol–water partition coefficient (Wildman–Crippen LogP) is 3.54. The quantitative estimate of drug-likeness (QED) is 0.766. The number of aromatic nitrogens is 1. The van der Waals surface area contributed by atoms with Crippen LogP contribution < -0.4 is 0 Å². The van der Waals surface area contributed by atoms with Crippen molar-refractivity contribution in [1.82, 2.24) is 4.98 Å². The van der Waals surface area contributed by atoms with Crippen LogP contribution in [-0.4, -0.2) is 17.6 Å². The van der Waals surface area contributed by atoms with Crippen LogP contribution in [0.25, 0.3) is 0 Å². The van der Waals surface area contributed by atoms with Gasteiger partial charge in [-0.2, -0.15) is 0 Å². The molecule has 0 saturated heterocycles. The van der Waals surface area contributed by atoms with Gasteiger partial charge in [0.15, 0.2) is 0 Å². The molecule has 0 spiro atoms. The number of hydrogen-bond acceptors (Lipinski definition) is 4. The van der Waals surface area contributed by atoms with E-state index in [4.69, 9.17) is 4.74 Å². The van der Waals surface area contributed by atoms with Gasteiger partial charge in [-0.25, -0.2) is 4.98 Å². The second-order valence-electron chi connectivity index (χ2n) is 4.94. The zero-order chi connectivity index (χ0) is 13.0. The molecule has 2 atom stereocenters. The molecule has 0 N–H and O–H groups in total. The van der Waals surface area contributed by atoms with Crippen LogP contribution in [0.5, 0.6) is 0 Å². The number of hydrogen-bond donors (Lipinski definition) is 0. The highest BCUT2D eigenvalue weighted by molar-refractivity contribution is 7.09. The largest absolute Gasteiger partial charge is 0.466 e. The van der Waals surface area contributed by atoms with E-state index >= 15 is 0 Å². The van der Waals surface area contributed by atoms with Crippen LogP contribution in [0.4, 0.5) is 0 Å². The Kier molecular flexibility index (Phi) is 4.75. The van der Waals surface area contributed by atoms with Gasteiger partial charge in [-0.1, -0.05) is 13.3 Å². The van der Waals surface area contributed by atoms with Crippen molar-refractivity contribution in [1.29, 1.82) is 0 Å². The number of carbonyl (C=O) groups is 1. The van der Waals surface area contributed by atoms with Crippen molar-refractivity contribution in [2.45, 2.75) is 51.9 Å². The van der Waals surface area contributed by atoms with Gasteiger partial charge in [0.25, 0.3) is 0 Å². The molecule has 1 heterocycles. The van der Waals surface area contributed by atoms with Gasteiger partial charge in [0.2, 0.25) is 0 Å². The lowest BCUT2D eigenvalue weighted by Crippen LogP contribution is -2.07. The number of carbonyl (C=O) groups excluding carboxylic acids is 1. The number of thiazole rings is 1. The van der Waals surface area contributed by atoms with Crippen LogP contribution in [0.3, 0.4) is 0 Å². The van der Waals surface area contributed by atoms with Crippen LogP contribution in [0, 0.1) is 5.92 Å². The maximum absolute atomic E-state index is 11.4. The maximum atomic E-state index is 11.4. The fourth-order valence-electron chi connectivity index (χ4n) is 2.62. The first-order valence-corrected chi connectivity index (χ1v) is 7.70. The Morgan fingerprint density at radius 1 is 1.50 bits per heavy atom. The molecule has 100 valence electrons. The third-order valence-corrected chi connectivity index (χ3v) is 4.72. The van der Waals surface area contributed by atoms with E-state index < -0.39 is 0 Å².